The molecule has 0 aromatic heterocycles. The lowest BCUT2D eigenvalue weighted by atomic mass is 9.72. The first-order chi connectivity index (χ1) is 15.6. The van der Waals surface area contributed by atoms with E-state index in [2.05, 4.69) is 116 Å². The van der Waals surface area contributed by atoms with Crippen LogP contribution in [-0.2, 0) is 11.8 Å². The number of anilines is 3. The summed E-state index contributed by atoms with van der Waals surface area (Å²) in [7, 11) is 0. The summed E-state index contributed by atoms with van der Waals surface area (Å²) in [5.41, 5.74) is 8.30. The van der Waals surface area contributed by atoms with Gasteiger partial charge < -0.3 is 9.64 Å². The van der Waals surface area contributed by atoms with E-state index in [1.165, 1.54) is 28.1 Å². The Bertz CT molecular complexity index is 1340. The Morgan fingerprint density at radius 3 is 2.19 bits per heavy atom. The van der Waals surface area contributed by atoms with Crippen molar-refractivity contribution < 1.29 is 4.74 Å². The maximum absolute atomic E-state index is 6.69. The number of para-hydroxylation sites is 2. The molecule has 0 bridgehead atoms. The third-order valence-electron chi connectivity index (χ3n) is 6.69. The lowest BCUT2D eigenvalue weighted by Gasteiger charge is -2.43. The molecular weight excluding hydrogens is 390 g/mol. The topological polar surface area (TPSA) is 12.5 Å². The third kappa shape index (κ3) is 2.80. The van der Waals surface area contributed by atoms with Gasteiger partial charge in [-0.15, -0.1) is 0 Å². The second-order valence-corrected chi connectivity index (χ2v) is 9.00. The second-order valence-electron chi connectivity index (χ2n) is 9.00. The van der Waals surface area contributed by atoms with E-state index in [9.17, 15) is 0 Å². The number of allylic oxidation sites excluding steroid dienone is 1. The number of benzene rings is 4. The molecule has 0 saturated carbocycles. The molecule has 0 spiro atoms. The van der Waals surface area contributed by atoms with Crippen LogP contribution in [0.2, 0.25) is 0 Å². The Labute approximate surface area is 189 Å². The van der Waals surface area contributed by atoms with Crippen LogP contribution in [0.15, 0.2) is 103 Å². The zero-order valence-electron chi connectivity index (χ0n) is 18.4. The van der Waals surface area contributed by atoms with Gasteiger partial charge >= 0.3 is 0 Å². The Kier molecular flexibility index (Phi) is 4.22. The van der Waals surface area contributed by atoms with E-state index in [1.54, 1.807) is 0 Å². The van der Waals surface area contributed by atoms with E-state index < -0.39 is 0 Å². The molecule has 0 N–H and O–H groups in total. The van der Waals surface area contributed by atoms with Crippen molar-refractivity contribution in [3.05, 3.63) is 125 Å². The zero-order chi connectivity index (χ0) is 21.7. The van der Waals surface area contributed by atoms with Crippen LogP contribution in [0.25, 0.3) is 5.76 Å². The lowest BCUT2D eigenvalue weighted by molar-refractivity contribution is 0.473. The minimum atomic E-state index is -0.193. The normalized spacial score (nSPS) is 15.7. The highest BCUT2D eigenvalue weighted by Gasteiger charge is 2.40. The van der Waals surface area contributed by atoms with Gasteiger partial charge in [0.1, 0.15) is 11.5 Å². The van der Waals surface area contributed by atoms with Crippen LogP contribution in [-0.4, -0.2) is 0 Å². The minimum Gasteiger partial charge on any atom is -0.456 e. The minimum absolute atomic E-state index is 0.193. The maximum Gasteiger partial charge on any atom is 0.137 e. The third-order valence-corrected chi connectivity index (χ3v) is 6.69. The Balaban J connectivity index is 1.58. The number of rotatable bonds is 2. The van der Waals surface area contributed by atoms with Crippen molar-refractivity contribution in [2.45, 2.75) is 25.7 Å². The summed E-state index contributed by atoms with van der Waals surface area (Å²) < 4.78 is 6.69. The smallest absolute Gasteiger partial charge is 0.137 e. The number of hydrogen-bond acceptors (Lipinski definition) is 2. The summed E-state index contributed by atoms with van der Waals surface area (Å²) in [6, 6.07) is 34.3. The molecule has 4 aromatic rings. The van der Waals surface area contributed by atoms with Crippen LogP contribution < -0.4 is 9.64 Å². The molecule has 0 amide bonds. The number of fused-ring (bicyclic) bond motifs is 4. The average molecular weight is 416 g/mol. The van der Waals surface area contributed by atoms with Crippen LogP contribution in [0, 0.1) is 0 Å². The molecule has 2 nitrogen and oxygen atoms in total. The van der Waals surface area contributed by atoms with Crippen LogP contribution in [0.5, 0.6) is 5.75 Å². The SMILES string of the molecule is CC1(C)c2ccccc2N(c2ccccc2)c2ccc3c(c21)OC(c1ccccc1)=CC3. The predicted octanol–water partition coefficient (Wildman–Crippen LogP) is 7.77. The van der Waals surface area contributed by atoms with Crippen molar-refractivity contribution in [1.29, 1.82) is 0 Å². The monoisotopic (exact) mass is 415 g/mol. The molecule has 6 rings (SSSR count). The summed E-state index contributed by atoms with van der Waals surface area (Å²) in [6.45, 7) is 4.63. The van der Waals surface area contributed by atoms with Crippen LogP contribution in [0.4, 0.5) is 17.1 Å². The molecule has 0 fully saturated rings. The van der Waals surface area contributed by atoms with Gasteiger partial charge in [-0.2, -0.15) is 0 Å². The summed E-state index contributed by atoms with van der Waals surface area (Å²) in [5.74, 6) is 1.94. The van der Waals surface area contributed by atoms with Crippen molar-refractivity contribution in [3.8, 4) is 5.75 Å². The van der Waals surface area contributed by atoms with E-state index >= 15 is 0 Å². The van der Waals surface area contributed by atoms with Crippen LogP contribution in [0.1, 0.15) is 36.1 Å². The van der Waals surface area contributed by atoms with Crippen molar-refractivity contribution in [3.63, 3.8) is 0 Å². The average Bonchev–Trinajstić information content (AvgIpc) is 2.84. The van der Waals surface area contributed by atoms with Gasteiger partial charge in [0.2, 0.25) is 0 Å². The number of hydrogen-bond donors (Lipinski definition) is 0. The highest BCUT2D eigenvalue weighted by molar-refractivity contribution is 5.88. The van der Waals surface area contributed by atoms with Crippen molar-refractivity contribution in [2.75, 3.05) is 4.90 Å². The van der Waals surface area contributed by atoms with Crippen LogP contribution >= 0.6 is 0 Å². The van der Waals surface area contributed by atoms with Gasteiger partial charge in [0.05, 0.1) is 11.4 Å². The highest BCUT2D eigenvalue weighted by atomic mass is 16.5. The maximum atomic E-state index is 6.69. The van der Waals surface area contributed by atoms with E-state index in [-0.39, 0.29) is 5.41 Å². The molecule has 0 unspecified atom stereocenters. The van der Waals surface area contributed by atoms with Gasteiger partial charge in [-0.25, -0.2) is 0 Å². The first-order valence-electron chi connectivity index (χ1n) is 11.2. The first-order valence-corrected chi connectivity index (χ1v) is 11.2. The van der Waals surface area contributed by atoms with E-state index in [0.29, 0.717) is 0 Å². The fourth-order valence-corrected chi connectivity index (χ4v) is 5.13. The van der Waals surface area contributed by atoms with Gasteiger partial charge in [0.15, 0.2) is 0 Å². The number of ether oxygens (including phenoxy) is 1. The summed E-state index contributed by atoms with van der Waals surface area (Å²) in [4.78, 5) is 2.38. The van der Waals surface area contributed by atoms with E-state index in [0.717, 1.165) is 29.2 Å². The lowest BCUT2D eigenvalue weighted by Crippen LogP contribution is -2.31. The van der Waals surface area contributed by atoms with E-state index in [1.807, 2.05) is 6.07 Å². The fourth-order valence-electron chi connectivity index (χ4n) is 5.13. The van der Waals surface area contributed by atoms with Gasteiger partial charge in [0.25, 0.3) is 0 Å². The molecule has 2 aliphatic heterocycles. The Hall–Kier alpha value is -3.78. The molecule has 2 aliphatic rings. The van der Waals surface area contributed by atoms with Gasteiger partial charge in [-0.1, -0.05) is 86.6 Å². The molecule has 156 valence electrons. The molecule has 0 radical (unpaired) electrons. The molecule has 32 heavy (non-hydrogen) atoms. The summed E-state index contributed by atoms with van der Waals surface area (Å²) in [6.07, 6.45) is 3.07. The van der Waals surface area contributed by atoms with Crippen molar-refractivity contribution in [2.24, 2.45) is 0 Å². The van der Waals surface area contributed by atoms with Crippen LogP contribution in [0.3, 0.4) is 0 Å². The Morgan fingerprint density at radius 1 is 0.719 bits per heavy atom. The molecule has 0 aliphatic carbocycles. The molecule has 0 saturated heterocycles. The zero-order valence-corrected chi connectivity index (χ0v) is 18.4. The summed E-state index contributed by atoms with van der Waals surface area (Å²) >= 11 is 0. The van der Waals surface area contributed by atoms with E-state index in [4.69, 9.17) is 4.74 Å². The summed E-state index contributed by atoms with van der Waals surface area (Å²) in [5, 5.41) is 0. The van der Waals surface area contributed by atoms with Crippen molar-refractivity contribution in [1.82, 2.24) is 0 Å². The van der Waals surface area contributed by atoms with Crippen molar-refractivity contribution >= 4 is 22.8 Å². The fraction of sp³-hybridized carbons (Fsp3) is 0.133. The largest absolute Gasteiger partial charge is 0.456 e. The van der Waals surface area contributed by atoms with Gasteiger partial charge in [0, 0.05) is 22.2 Å². The predicted molar refractivity (Wildman–Crippen MR) is 132 cm³/mol. The molecule has 0 atom stereocenters. The highest BCUT2D eigenvalue weighted by Crippen LogP contribution is 2.56. The van der Waals surface area contributed by atoms with Gasteiger partial charge in [-0.3, -0.25) is 0 Å². The van der Waals surface area contributed by atoms with Gasteiger partial charge in [-0.05, 0) is 47.9 Å². The molecular formula is C30H25NO. The number of nitrogens with zero attached hydrogens (tertiary/aromatic N) is 1. The standard InChI is InChI=1S/C30H25NO/c1-30(2)24-15-9-10-16-25(24)31(23-13-7-4-8-14-23)26-19-17-22-18-20-27(32-29(22)28(26)30)21-11-5-3-6-12-21/h3-17,19-20H,18H2,1-2H3. The molecule has 2 heteroatoms. The Morgan fingerprint density at radius 2 is 1.41 bits per heavy atom. The molecule has 4 aromatic carbocycles. The first kappa shape index (κ1) is 18.9. The quantitative estimate of drug-likeness (QED) is 0.331. The second kappa shape index (κ2) is 7.13. The molecule has 2 heterocycles.